The Kier molecular flexibility index (Phi) is 3.14. The van der Waals surface area contributed by atoms with Crippen molar-refractivity contribution >= 4 is 5.97 Å². The van der Waals surface area contributed by atoms with Crippen molar-refractivity contribution in [3.05, 3.63) is 47.7 Å². The van der Waals surface area contributed by atoms with E-state index in [0.29, 0.717) is 0 Å². The molecule has 86 valence electrons. The summed E-state index contributed by atoms with van der Waals surface area (Å²) in [5.74, 6) is -0.479. The Morgan fingerprint density at radius 2 is 1.76 bits per heavy atom. The fourth-order valence-corrected chi connectivity index (χ4v) is 1.42. The second-order valence-electron chi connectivity index (χ2n) is 3.66. The second-order valence-corrected chi connectivity index (χ2v) is 3.66. The normalized spacial score (nSPS) is 10.0. The van der Waals surface area contributed by atoms with Gasteiger partial charge in [0.05, 0.1) is 12.8 Å². The van der Waals surface area contributed by atoms with Crippen molar-refractivity contribution in [3.63, 3.8) is 0 Å². The third-order valence-corrected chi connectivity index (χ3v) is 2.41. The number of rotatable bonds is 2. The van der Waals surface area contributed by atoms with E-state index in [0.717, 1.165) is 11.3 Å². The number of aryl methyl sites for hydroxylation is 1. The zero-order valence-corrected chi connectivity index (χ0v) is 9.68. The molecule has 0 radical (unpaired) electrons. The second kappa shape index (κ2) is 4.74. The first kappa shape index (κ1) is 11.3. The van der Waals surface area contributed by atoms with Crippen molar-refractivity contribution in [1.29, 1.82) is 0 Å². The van der Waals surface area contributed by atoms with Crippen LogP contribution in [0.25, 0.3) is 11.3 Å². The molecule has 0 bridgehead atoms. The third-order valence-electron chi connectivity index (χ3n) is 2.41. The van der Waals surface area contributed by atoms with Crippen LogP contribution in [-0.2, 0) is 4.74 Å². The minimum Gasteiger partial charge on any atom is -0.464 e. The lowest BCUT2D eigenvalue weighted by Crippen LogP contribution is -2.05. The van der Waals surface area contributed by atoms with E-state index in [4.69, 9.17) is 0 Å². The quantitative estimate of drug-likeness (QED) is 0.740. The number of hydrogen-bond acceptors (Lipinski definition) is 4. The largest absolute Gasteiger partial charge is 0.464 e. The molecular formula is C13H12N2O2. The molecule has 0 fully saturated rings. The SMILES string of the molecule is COC(=O)c1ccc(-c2ccc(C)cc2)nn1. The highest BCUT2D eigenvalue weighted by Crippen LogP contribution is 2.16. The number of benzene rings is 1. The summed E-state index contributed by atoms with van der Waals surface area (Å²) >= 11 is 0. The summed E-state index contributed by atoms with van der Waals surface area (Å²) < 4.78 is 4.56. The van der Waals surface area contributed by atoms with Gasteiger partial charge < -0.3 is 4.74 Å². The van der Waals surface area contributed by atoms with Crippen molar-refractivity contribution in [2.45, 2.75) is 6.92 Å². The van der Waals surface area contributed by atoms with Crippen LogP contribution in [0.3, 0.4) is 0 Å². The molecule has 0 atom stereocenters. The van der Waals surface area contributed by atoms with Crippen LogP contribution in [0.5, 0.6) is 0 Å². The van der Waals surface area contributed by atoms with Gasteiger partial charge in [-0.2, -0.15) is 0 Å². The number of carbonyl (C=O) groups is 1. The van der Waals surface area contributed by atoms with Crippen LogP contribution in [0.15, 0.2) is 36.4 Å². The lowest BCUT2D eigenvalue weighted by molar-refractivity contribution is 0.0593. The fourth-order valence-electron chi connectivity index (χ4n) is 1.42. The number of carbonyl (C=O) groups excluding carboxylic acids is 1. The molecule has 0 saturated heterocycles. The van der Waals surface area contributed by atoms with Gasteiger partial charge in [0, 0.05) is 5.56 Å². The molecule has 4 nitrogen and oxygen atoms in total. The molecule has 0 N–H and O–H groups in total. The van der Waals surface area contributed by atoms with E-state index < -0.39 is 5.97 Å². The predicted molar refractivity (Wildman–Crippen MR) is 63.5 cm³/mol. The highest BCUT2D eigenvalue weighted by molar-refractivity contribution is 5.87. The summed E-state index contributed by atoms with van der Waals surface area (Å²) in [4.78, 5) is 11.2. The van der Waals surface area contributed by atoms with Crippen molar-refractivity contribution in [2.24, 2.45) is 0 Å². The molecule has 1 aromatic heterocycles. The molecule has 1 aromatic carbocycles. The molecule has 0 spiro atoms. The minimum atomic E-state index is -0.479. The van der Waals surface area contributed by atoms with Crippen LogP contribution in [-0.4, -0.2) is 23.3 Å². The van der Waals surface area contributed by atoms with E-state index in [1.807, 2.05) is 31.2 Å². The summed E-state index contributed by atoms with van der Waals surface area (Å²) in [6.07, 6.45) is 0. The topological polar surface area (TPSA) is 52.1 Å². The Balaban J connectivity index is 2.29. The standard InChI is InChI=1S/C13H12N2O2/c1-9-3-5-10(6-4-9)11-7-8-12(15-14-11)13(16)17-2/h3-8H,1-2H3. The molecule has 0 unspecified atom stereocenters. The Hall–Kier alpha value is -2.23. The van der Waals surface area contributed by atoms with Crippen LogP contribution >= 0.6 is 0 Å². The van der Waals surface area contributed by atoms with Gasteiger partial charge >= 0.3 is 5.97 Å². The van der Waals surface area contributed by atoms with Gasteiger partial charge in [0.2, 0.25) is 0 Å². The smallest absolute Gasteiger partial charge is 0.358 e. The van der Waals surface area contributed by atoms with Crippen LogP contribution in [0, 0.1) is 6.92 Å². The van der Waals surface area contributed by atoms with Gasteiger partial charge in [-0.3, -0.25) is 0 Å². The number of aromatic nitrogens is 2. The number of nitrogens with zero attached hydrogens (tertiary/aromatic N) is 2. The van der Waals surface area contributed by atoms with Gasteiger partial charge in [-0.05, 0) is 19.1 Å². The van der Waals surface area contributed by atoms with Crippen LogP contribution in [0.1, 0.15) is 16.1 Å². The van der Waals surface area contributed by atoms with E-state index in [2.05, 4.69) is 14.9 Å². The molecule has 0 amide bonds. The Morgan fingerprint density at radius 1 is 1.06 bits per heavy atom. The van der Waals surface area contributed by atoms with Crippen LogP contribution in [0.4, 0.5) is 0 Å². The van der Waals surface area contributed by atoms with Gasteiger partial charge in [0.1, 0.15) is 0 Å². The van der Waals surface area contributed by atoms with E-state index >= 15 is 0 Å². The average Bonchev–Trinajstić information content (AvgIpc) is 2.39. The lowest BCUT2D eigenvalue weighted by Gasteiger charge is -2.01. The number of esters is 1. The molecule has 0 aliphatic carbocycles. The predicted octanol–water partition coefficient (Wildman–Crippen LogP) is 2.24. The molecule has 0 aliphatic heterocycles. The fraction of sp³-hybridized carbons (Fsp3) is 0.154. The highest BCUT2D eigenvalue weighted by atomic mass is 16.5. The molecule has 17 heavy (non-hydrogen) atoms. The first-order chi connectivity index (χ1) is 8.20. The minimum absolute atomic E-state index is 0.211. The number of methoxy groups -OCH3 is 1. The zero-order valence-electron chi connectivity index (χ0n) is 9.68. The highest BCUT2D eigenvalue weighted by Gasteiger charge is 2.08. The summed E-state index contributed by atoms with van der Waals surface area (Å²) in [6.45, 7) is 2.02. The summed E-state index contributed by atoms with van der Waals surface area (Å²) in [6, 6.07) is 11.3. The first-order valence-electron chi connectivity index (χ1n) is 5.20. The van der Waals surface area contributed by atoms with Crippen molar-refractivity contribution in [1.82, 2.24) is 10.2 Å². The summed E-state index contributed by atoms with van der Waals surface area (Å²) in [5.41, 5.74) is 3.11. The molecule has 0 saturated carbocycles. The number of ether oxygens (including phenoxy) is 1. The van der Waals surface area contributed by atoms with Gasteiger partial charge in [-0.1, -0.05) is 29.8 Å². The maximum Gasteiger partial charge on any atom is 0.358 e. The maximum absolute atomic E-state index is 11.2. The molecular weight excluding hydrogens is 216 g/mol. The van der Waals surface area contributed by atoms with E-state index in [9.17, 15) is 4.79 Å². The van der Waals surface area contributed by atoms with E-state index in [-0.39, 0.29) is 5.69 Å². The van der Waals surface area contributed by atoms with Gasteiger partial charge in [-0.15, -0.1) is 10.2 Å². The third kappa shape index (κ3) is 2.47. The molecule has 4 heteroatoms. The van der Waals surface area contributed by atoms with Crippen LogP contribution in [0.2, 0.25) is 0 Å². The van der Waals surface area contributed by atoms with Crippen molar-refractivity contribution in [2.75, 3.05) is 7.11 Å². The van der Waals surface area contributed by atoms with Gasteiger partial charge in [0.25, 0.3) is 0 Å². The summed E-state index contributed by atoms with van der Waals surface area (Å²) in [7, 11) is 1.32. The van der Waals surface area contributed by atoms with E-state index in [1.54, 1.807) is 12.1 Å². The van der Waals surface area contributed by atoms with Crippen molar-refractivity contribution < 1.29 is 9.53 Å². The molecule has 0 aliphatic rings. The monoisotopic (exact) mass is 228 g/mol. The van der Waals surface area contributed by atoms with Crippen molar-refractivity contribution in [3.8, 4) is 11.3 Å². The molecule has 1 heterocycles. The average molecular weight is 228 g/mol. The lowest BCUT2D eigenvalue weighted by atomic mass is 10.1. The van der Waals surface area contributed by atoms with Gasteiger partial charge in [-0.25, -0.2) is 4.79 Å². The van der Waals surface area contributed by atoms with Crippen LogP contribution < -0.4 is 0 Å². The summed E-state index contributed by atoms with van der Waals surface area (Å²) in [5, 5.41) is 7.82. The van der Waals surface area contributed by atoms with E-state index in [1.165, 1.54) is 12.7 Å². The zero-order chi connectivity index (χ0) is 12.3. The molecule has 2 aromatic rings. The Labute approximate surface area is 99.3 Å². The Bertz CT molecular complexity index is 518. The molecule has 2 rings (SSSR count). The Morgan fingerprint density at radius 3 is 2.29 bits per heavy atom. The van der Waals surface area contributed by atoms with Gasteiger partial charge in [0.15, 0.2) is 5.69 Å². The maximum atomic E-state index is 11.2. The number of hydrogen-bond donors (Lipinski definition) is 0. The first-order valence-corrected chi connectivity index (χ1v) is 5.20.